The molecular formula is C32H57N3O. The van der Waals surface area contributed by atoms with E-state index in [2.05, 4.69) is 17.0 Å². The van der Waals surface area contributed by atoms with Crippen LogP contribution >= 0.6 is 0 Å². The van der Waals surface area contributed by atoms with Gasteiger partial charge in [0.05, 0.1) is 6.42 Å². The summed E-state index contributed by atoms with van der Waals surface area (Å²) in [4.78, 5) is 15.2. The van der Waals surface area contributed by atoms with Crippen molar-refractivity contribution < 1.29 is 9.58 Å². The van der Waals surface area contributed by atoms with Crippen LogP contribution < -0.4 is 5.32 Å². The molecule has 0 atom stereocenters. The first-order valence-corrected chi connectivity index (χ1v) is 15.6. The van der Waals surface area contributed by atoms with E-state index in [0.29, 0.717) is 18.6 Å². The molecule has 0 aromatic heterocycles. The number of nitrogens with one attached hydrogen (secondary N) is 1. The maximum Gasteiger partial charge on any atom is 0.295 e. The summed E-state index contributed by atoms with van der Waals surface area (Å²) in [7, 11) is 0. The molecule has 0 saturated heterocycles. The van der Waals surface area contributed by atoms with Crippen LogP contribution in [0.4, 0.5) is 0 Å². The minimum atomic E-state index is 0.0822. The third-order valence-corrected chi connectivity index (χ3v) is 7.41. The van der Waals surface area contributed by atoms with Crippen LogP contribution in [0, 0.1) is 0 Å². The first-order valence-electron chi connectivity index (χ1n) is 15.6. The Labute approximate surface area is 223 Å². The highest BCUT2D eigenvalue weighted by molar-refractivity contribution is 5.93. The van der Waals surface area contributed by atoms with Crippen molar-refractivity contribution in [2.75, 3.05) is 0 Å². The molecule has 0 saturated carbocycles. The molecule has 4 heteroatoms. The maximum atomic E-state index is 12.0. The molecule has 1 aliphatic rings. The molecule has 0 aromatic rings. The summed E-state index contributed by atoms with van der Waals surface area (Å²) < 4.78 is 0. The van der Waals surface area contributed by atoms with Gasteiger partial charge < -0.3 is 10.8 Å². The van der Waals surface area contributed by atoms with Crippen LogP contribution in [0.1, 0.15) is 167 Å². The number of carbonyl (C=O) groups excluding carboxylic acids is 1. The third kappa shape index (κ3) is 20.5. The van der Waals surface area contributed by atoms with Crippen molar-refractivity contribution in [3.63, 3.8) is 0 Å². The number of rotatable bonds is 25. The van der Waals surface area contributed by atoms with Gasteiger partial charge in [0.15, 0.2) is 0 Å². The SMILES string of the molecule is CCCCCCCCCCCCCCCCCCCCCCCCCC(=O)NC1=CCC(=[N+]=[N-])C=C1. The Morgan fingerprint density at radius 3 is 1.39 bits per heavy atom. The third-order valence-electron chi connectivity index (χ3n) is 7.41. The number of hydrogen-bond donors (Lipinski definition) is 1. The molecule has 0 aliphatic heterocycles. The lowest BCUT2D eigenvalue weighted by Gasteiger charge is -2.08. The largest absolute Gasteiger partial charge is 0.361 e. The highest BCUT2D eigenvalue weighted by atomic mass is 16.1. The van der Waals surface area contributed by atoms with Crippen LogP contribution in [0.3, 0.4) is 0 Å². The average molecular weight is 500 g/mol. The lowest BCUT2D eigenvalue weighted by molar-refractivity contribution is -0.120. The van der Waals surface area contributed by atoms with Crippen LogP contribution in [0.15, 0.2) is 23.9 Å². The zero-order chi connectivity index (χ0) is 25.9. The molecule has 0 heterocycles. The van der Waals surface area contributed by atoms with Gasteiger partial charge >= 0.3 is 0 Å². The van der Waals surface area contributed by atoms with E-state index in [9.17, 15) is 4.79 Å². The Morgan fingerprint density at radius 2 is 1.06 bits per heavy atom. The lowest BCUT2D eigenvalue weighted by atomic mass is 10.0. The fourth-order valence-electron chi connectivity index (χ4n) is 5.00. The molecule has 1 aliphatic carbocycles. The van der Waals surface area contributed by atoms with Gasteiger partial charge in [-0.1, -0.05) is 148 Å². The minimum absolute atomic E-state index is 0.0822. The Morgan fingerprint density at radius 1 is 0.667 bits per heavy atom. The van der Waals surface area contributed by atoms with E-state index in [1.165, 1.54) is 135 Å². The van der Waals surface area contributed by atoms with Gasteiger partial charge in [-0.2, -0.15) is 4.79 Å². The summed E-state index contributed by atoms with van der Waals surface area (Å²) in [6.45, 7) is 2.29. The second-order valence-corrected chi connectivity index (χ2v) is 10.9. The van der Waals surface area contributed by atoms with Gasteiger partial charge in [-0.25, -0.2) is 0 Å². The predicted molar refractivity (Wildman–Crippen MR) is 155 cm³/mol. The topological polar surface area (TPSA) is 65.5 Å². The Balaban J connectivity index is 1.72. The fraction of sp³-hybridized carbons (Fsp3) is 0.812. The van der Waals surface area contributed by atoms with E-state index in [4.69, 9.17) is 5.53 Å². The molecule has 0 fully saturated rings. The highest BCUT2D eigenvalue weighted by Gasteiger charge is 2.10. The van der Waals surface area contributed by atoms with E-state index in [1.807, 2.05) is 6.08 Å². The van der Waals surface area contributed by atoms with Crippen LogP contribution in [0.25, 0.3) is 5.53 Å². The second kappa shape index (κ2) is 25.0. The smallest absolute Gasteiger partial charge is 0.295 e. The summed E-state index contributed by atoms with van der Waals surface area (Å²) in [6, 6.07) is 0. The number of unbranched alkanes of at least 4 members (excludes halogenated alkanes) is 22. The van der Waals surface area contributed by atoms with Crippen molar-refractivity contribution in [3.05, 3.63) is 29.5 Å². The summed E-state index contributed by atoms with van der Waals surface area (Å²) >= 11 is 0. The van der Waals surface area contributed by atoms with Crippen molar-refractivity contribution in [1.29, 1.82) is 0 Å². The van der Waals surface area contributed by atoms with Gasteiger partial charge in [0.25, 0.3) is 5.71 Å². The van der Waals surface area contributed by atoms with E-state index in [-0.39, 0.29) is 5.91 Å². The average Bonchev–Trinajstić information content (AvgIpc) is 2.89. The van der Waals surface area contributed by atoms with Gasteiger partial charge in [-0.15, -0.1) is 0 Å². The standard InChI is InChI=1S/C32H57N3O/c1-2-3-4-5-6-7-8-9-10-11-12-13-14-15-16-17-18-19-20-21-22-23-24-25-32(36)34-30-26-28-31(35-33)29-27-30/h26-28H,2-25,29H2,1H3,(H,34,36). The molecule has 1 amide bonds. The molecule has 0 bridgehead atoms. The lowest BCUT2D eigenvalue weighted by Crippen LogP contribution is -2.22. The van der Waals surface area contributed by atoms with Crippen molar-refractivity contribution in [2.45, 2.75) is 167 Å². The Hall–Kier alpha value is -1.67. The van der Waals surface area contributed by atoms with E-state index in [0.717, 1.165) is 18.5 Å². The molecule has 1 N–H and O–H groups in total. The number of amides is 1. The maximum absolute atomic E-state index is 12.0. The van der Waals surface area contributed by atoms with Gasteiger partial charge in [-0.3, -0.25) is 4.79 Å². The van der Waals surface area contributed by atoms with Crippen LogP contribution in [-0.4, -0.2) is 16.4 Å². The second-order valence-electron chi connectivity index (χ2n) is 10.9. The molecular weight excluding hydrogens is 442 g/mol. The van der Waals surface area contributed by atoms with E-state index in [1.54, 1.807) is 12.2 Å². The Bertz CT molecular complexity index is 646. The number of allylic oxidation sites excluding steroid dienone is 3. The van der Waals surface area contributed by atoms with Crippen LogP contribution in [0.2, 0.25) is 0 Å². The van der Waals surface area contributed by atoms with Gasteiger partial charge in [0.1, 0.15) is 0 Å². The minimum Gasteiger partial charge on any atom is -0.361 e. The molecule has 206 valence electrons. The normalized spacial score (nSPS) is 13.0. The number of hydrogen-bond acceptors (Lipinski definition) is 1. The first kappa shape index (κ1) is 32.4. The molecule has 0 unspecified atom stereocenters. The zero-order valence-electron chi connectivity index (χ0n) is 23.7. The van der Waals surface area contributed by atoms with E-state index < -0.39 is 0 Å². The fourth-order valence-corrected chi connectivity index (χ4v) is 5.00. The van der Waals surface area contributed by atoms with E-state index >= 15 is 0 Å². The monoisotopic (exact) mass is 499 g/mol. The molecule has 1 rings (SSSR count). The van der Waals surface area contributed by atoms with Gasteiger partial charge in [0, 0.05) is 18.2 Å². The summed E-state index contributed by atoms with van der Waals surface area (Å²) in [6.07, 6.45) is 38.4. The molecule has 0 radical (unpaired) electrons. The van der Waals surface area contributed by atoms with Crippen molar-refractivity contribution in [2.24, 2.45) is 0 Å². The van der Waals surface area contributed by atoms with Crippen LogP contribution in [0.5, 0.6) is 0 Å². The summed E-state index contributed by atoms with van der Waals surface area (Å²) in [5.74, 6) is 0.0822. The summed E-state index contributed by atoms with van der Waals surface area (Å²) in [5.41, 5.74) is 10.1. The van der Waals surface area contributed by atoms with Crippen molar-refractivity contribution >= 4 is 11.6 Å². The highest BCUT2D eigenvalue weighted by Crippen LogP contribution is 2.15. The number of carbonyl (C=O) groups is 1. The van der Waals surface area contributed by atoms with Crippen LogP contribution in [-0.2, 0) is 4.79 Å². The Kier molecular flexibility index (Phi) is 22.5. The zero-order valence-corrected chi connectivity index (χ0v) is 23.7. The molecule has 0 aromatic carbocycles. The van der Waals surface area contributed by atoms with Gasteiger partial charge in [0.2, 0.25) is 5.91 Å². The van der Waals surface area contributed by atoms with Crippen molar-refractivity contribution in [1.82, 2.24) is 5.32 Å². The molecule has 4 nitrogen and oxygen atoms in total. The summed E-state index contributed by atoms with van der Waals surface area (Å²) in [5, 5.41) is 2.93. The van der Waals surface area contributed by atoms with Gasteiger partial charge in [-0.05, 0) is 18.6 Å². The number of nitrogens with zero attached hydrogens (tertiary/aromatic N) is 2. The quantitative estimate of drug-likeness (QED) is 0.0757. The molecule has 0 spiro atoms. The van der Waals surface area contributed by atoms with Crippen molar-refractivity contribution in [3.8, 4) is 0 Å². The molecule has 36 heavy (non-hydrogen) atoms. The first-order chi connectivity index (χ1) is 17.8. The predicted octanol–water partition coefficient (Wildman–Crippen LogP) is 10.00.